The Hall–Kier alpha value is -1.34. The van der Waals surface area contributed by atoms with Crippen molar-refractivity contribution in [2.45, 2.75) is 26.2 Å². The third kappa shape index (κ3) is 2.28. The van der Waals surface area contributed by atoms with E-state index in [1.165, 1.54) is 54.3 Å². The number of aryl methyl sites for hydroxylation is 1. The lowest BCUT2D eigenvalue weighted by Gasteiger charge is -2.23. The highest BCUT2D eigenvalue weighted by atomic mass is 14.9. The summed E-state index contributed by atoms with van der Waals surface area (Å²) >= 11 is 0. The molecule has 1 atom stereocenters. The van der Waals surface area contributed by atoms with Crippen LogP contribution in [0.5, 0.6) is 0 Å². The second-order valence-electron chi connectivity index (χ2n) is 5.50. The monoisotopic (exact) mass is 239 g/mol. The fourth-order valence-electron chi connectivity index (χ4n) is 3.10. The summed E-state index contributed by atoms with van der Waals surface area (Å²) in [6.45, 7) is 4.58. The van der Waals surface area contributed by atoms with Gasteiger partial charge in [0.1, 0.15) is 0 Å². The van der Waals surface area contributed by atoms with Crippen molar-refractivity contribution < 1.29 is 0 Å². The van der Waals surface area contributed by atoms with Crippen LogP contribution in [0.25, 0.3) is 10.8 Å². The van der Waals surface area contributed by atoms with E-state index in [2.05, 4.69) is 48.6 Å². The number of benzene rings is 2. The summed E-state index contributed by atoms with van der Waals surface area (Å²) in [5.41, 5.74) is 2.90. The number of piperidine rings is 1. The first-order valence-electron chi connectivity index (χ1n) is 7.02. The molecule has 2 aromatic rings. The molecule has 1 heteroatoms. The maximum absolute atomic E-state index is 3.51. The lowest BCUT2D eigenvalue weighted by atomic mass is 9.89. The van der Waals surface area contributed by atoms with E-state index in [-0.39, 0.29) is 0 Å². The Labute approximate surface area is 109 Å². The minimum absolute atomic E-state index is 0.810. The molecule has 0 aliphatic carbocycles. The van der Waals surface area contributed by atoms with Gasteiger partial charge in [-0.3, -0.25) is 0 Å². The van der Waals surface area contributed by atoms with E-state index in [0.29, 0.717) is 0 Å². The quantitative estimate of drug-likeness (QED) is 0.842. The average Bonchev–Trinajstić information content (AvgIpc) is 2.44. The predicted octanol–water partition coefficient (Wildman–Crippen LogP) is 3.69. The van der Waals surface area contributed by atoms with Crippen LogP contribution in [-0.2, 0) is 6.42 Å². The Kier molecular flexibility index (Phi) is 3.33. The van der Waals surface area contributed by atoms with Crippen molar-refractivity contribution in [2.24, 2.45) is 5.92 Å². The zero-order valence-electron chi connectivity index (χ0n) is 11.1. The maximum Gasteiger partial charge on any atom is -0.00173 e. The molecule has 3 rings (SSSR count). The van der Waals surface area contributed by atoms with Gasteiger partial charge in [0.05, 0.1) is 0 Å². The Morgan fingerprint density at radius 1 is 1.11 bits per heavy atom. The Morgan fingerprint density at radius 2 is 1.94 bits per heavy atom. The van der Waals surface area contributed by atoms with Gasteiger partial charge in [-0.15, -0.1) is 0 Å². The van der Waals surface area contributed by atoms with Gasteiger partial charge in [-0.05, 0) is 67.1 Å². The van der Waals surface area contributed by atoms with Crippen molar-refractivity contribution in [3.05, 3.63) is 47.5 Å². The lowest BCUT2D eigenvalue weighted by Crippen LogP contribution is -2.30. The predicted molar refractivity (Wildman–Crippen MR) is 78.0 cm³/mol. The summed E-state index contributed by atoms with van der Waals surface area (Å²) in [6.07, 6.45) is 3.91. The lowest BCUT2D eigenvalue weighted by molar-refractivity contribution is 0.377. The van der Waals surface area contributed by atoms with Crippen molar-refractivity contribution in [1.29, 1.82) is 0 Å². The van der Waals surface area contributed by atoms with E-state index >= 15 is 0 Å². The SMILES string of the molecule is Cc1ccc(CC2CCCNC2)c2ccccc12. The number of hydrogen-bond acceptors (Lipinski definition) is 1. The van der Waals surface area contributed by atoms with E-state index in [9.17, 15) is 0 Å². The van der Waals surface area contributed by atoms with Crippen LogP contribution in [0.4, 0.5) is 0 Å². The van der Waals surface area contributed by atoms with Crippen LogP contribution in [0.1, 0.15) is 24.0 Å². The summed E-state index contributed by atoms with van der Waals surface area (Å²) in [5, 5.41) is 6.38. The summed E-state index contributed by atoms with van der Waals surface area (Å²) in [4.78, 5) is 0. The summed E-state index contributed by atoms with van der Waals surface area (Å²) in [6, 6.07) is 13.4. The standard InChI is InChI=1S/C17H21N/c1-13-8-9-15(11-14-5-4-10-18-12-14)17-7-3-2-6-16(13)17/h2-3,6-9,14,18H,4-5,10-12H2,1H3. The molecule has 1 aliphatic heterocycles. The molecule has 0 amide bonds. The third-order valence-corrected chi connectivity index (χ3v) is 4.14. The molecule has 0 radical (unpaired) electrons. The van der Waals surface area contributed by atoms with Crippen LogP contribution >= 0.6 is 0 Å². The van der Waals surface area contributed by atoms with Crippen molar-refractivity contribution in [2.75, 3.05) is 13.1 Å². The van der Waals surface area contributed by atoms with Gasteiger partial charge in [0.2, 0.25) is 0 Å². The molecule has 18 heavy (non-hydrogen) atoms. The fraction of sp³-hybridized carbons (Fsp3) is 0.412. The maximum atomic E-state index is 3.51. The fourth-order valence-corrected chi connectivity index (χ4v) is 3.10. The highest BCUT2D eigenvalue weighted by Crippen LogP contribution is 2.26. The number of rotatable bonds is 2. The van der Waals surface area contributed by atoms with Crippen molar-refractivity contribution in [1.82, 2.24) is 5.32 Å². The van der Waals surface area contributed by atoms with E-state index < -0.39 is 0 Å². The summed E-state index contributed by atoms with van der Waals surface area (Å²) in [5.74, 6) is 0.810. The molecule has 94 valence electrons. The molecule has 1 unspecified atom stereocenters. The highest BCUT2D eigenvalue weighted by Gasteiger charge is 2.14. The molecular weight excluding hydrogens is 218 g/mol. The van der Waals surface area contributed by atoms with Crippen LogP contribution in [-0.4, -0.2) is 13.1 Å². The van der Waals surface area contributed by atoms with Gasteiger partial charge < -0.3 is 5.32 Å². The van der Waals surface area contributed by atoms with Crippen LogP contribution in [0.15, 0.2) is 36.4 Å². The van der Waals surface area contributed by atoms with E-state index in [0.717, 1.165) is 5.92 Å². The van der Waals surface area contributed by atoms with Crippen LogP contribution in [0.2, 0.25) is 0 Å². The molecule has 0 saturated carbocycles. The van der Waals surface area contributed by atoms with Crippen LogP contribution in [0, 0.1) is 12.8 Å². The molecule has 1 saturated heterocycles. The molecule has 1 nitrogen and oxygen atoms in total. The molecule has 1 N–H and O–H groups in total. The Bertz CT molecular complexity index is 538. The van der Waals surface area contributed by atoms with Gasteiger partial charge in [0, 0.05) is 0 Å². The molecule has 1 fully saturated rings. The number of hydrogen-bond donors (Lipinski definition) is 1. The van der Waals surface area contributed by atoms with Crippen LogP contribution < -0.4 is 5.32 Å². The molecule has 1 heterocycles. The zero-order chi connectivity index (χ0) is 12.4. The van der Waals surface area contributed by atoms with Gasteiger partial charge in [-0.1, -0.05) is 36.4 Å². The van der Waals surface area contributed by atoms with E-state index in [1.54, 1.807) is 0 Å². The minimum atomic E-state index is 0.810. The first-order chi connectivity index (χ1) is 8.84. The molecule has 0 bridgehead atoms. The summed E-state index contributed by atoms with van der Waals surface area (Å²) < 4.78 is 0. The molecule has 1 aliphatic rings. The highest BCUT2D eigenvalue weighted by molar-refractivity contribution is 5.88. The molecule has 0 spiro atoms. The van der Waals surface area contributed by atoms with Gasteiger partial charge in [0.15, 0.2) is 0 Å². The smallest absolute Gasteiger partial charge is 0.00173 e. The van der Waals surface area contributed by atoms with Crippen LogP contribution in [0.3, 0.4) is 0 Å². The Balaban J connectivity index is 1.94. The van der Waals surface area contributed by atoms with Gasteiger partial charge in [-0.25, -0.2) is 0 Å². The second kappa shape index (κ2) is 5.11. The van der Waals surface area contributed by atoms with Crippen molar-refractivity contribution in [3.8, 4) is 0 Å². The number of nitrogens with one attached hydrogen (secondary N) is 1. The van der Waals surface area contributed by atoms with E-state index in [1.807, 2.05) is 0 Å². The molecule has 0 aromatic heterocycles. The first kappa shape index (κ1) is 11.7. The van der Waals surface area contributed by atoms with E-state index in [4.69, 9.17) is 0 Å². The van der Waals surface area contributed by atoms with Gasteiger partial charge >= 0.3 is 0 Å². The van der Waals surface area contributed by atoms with Crippen molar-refractivity contribution in [3.63, 3.8) is 0 Å². The van der Waals surface area contributed by atoms with Gasteiger partial charge in [-0.2, -0.15) is 0 Å². The normalized spacial score (nSPS) is 20.2. The Morgan fingerprint density at radius 3 is 2.72 bits per heavy atom. The number of fused-ring (bicyclic) bond motifs is 1. The molecular formula is C17H21N. The molecule has 2 aromatic carbocycles. The average molecular weight is 239 g/mol. The summed E-state index contributed by atoms with van der Waals surface area (Å²) in [7, 11) is 0. The largest absolute Gasteiger partial charge is 0.316 e. The second-order valence-corrected chi connectivity index (χ2v) is 5.50. The first-order valence-corrected chi connectivity index (χ1v) is 7.02. The minimum Gasteiger partial charge on any atom is -0.316 e. The van der Waals surface area contributed by atoms with Crippen molar-refractivity contribution >= 4 is 10.8 Å². The zero-order valence-corrected chi connectivity index (χ0v) is 11.1. The van der Waals surface area contributed by atoms with Gasteiger partial charge in [0.25, 0.3) is 0 Å². The topological polar surface area (TPSA) is 12.0 Å². The third-order valence-electron chi connectivity index (χ3n) is 4.14.